The monoisotopic (exact) mass is 297 g/mol. The third-order valence-corrected chi connectivity index (χ3v) is 2.76. The zero-order valence-electron chi connectivity index (χ0n) is 13.4. The summed E-state index contributed by atoms with van der Waals surface area (Å²) in [6.45, 7) is 8.08. The van der Waals surface area contributed by atoms with Crippen LogP contribution in [0, 0.1) is 0 Å². The fourth-order valence-corrected chi connectivity index (χ4v) is 1.44. The first-order valence-electron chi connectivity index (χ1n) is 7.94. The maximum atomic E-state index is 5.52. The SMILES string of the molecule is CCCCOc1nc(OCCCC)nc(OCCCC)n1. The molecule has 0 spiro atoms. The lowest BCUT2D eigenvalue weighted by molar-refractivity contribution is 0.230. The van der Waals surface area contributed by atoms with Crippen LogP contribution in [0.1, 0.15) is 59.3 Å². The van der Waals surface area contributed by atoms with Gasteiger partial charge in [0.2, 0.25) is 0 Å². The van der Waals surface area contributed by atoms with Crippen LogP contribution in [0.4, 0.5) is 0 Å². The molecule has 1 heterocycles. The van der Waals surface area contributed by atoms with Gasteiger partial charge in [0.1, 0.15) is 0 Å². The van der Waals surface area contributed by atoms with Gasteiger partial charge in [-0.25, -0.2) is 0 Å². The molecule has 0 amide bonds. The molecule has 1 aromatic heterocycles. The van der Waals surface area contributed by atoms with Gasteiger partial charge in [-0.1, -0.05) is 40.0 Å². The van der Waals surface area contributed by atoms with Crippen LogP contribution in [-0.2, 0) is 0 Å². The first-order valence-corrected chi connectivity index (χ1v) is 7.94. The molecule has 120 valence electrons. The van der Waals surface area contributed by atoms with Crippen LogP contribution >= 0.6 is 0 Å². The number of unbranched alkanes of at least 4 members (excludes halogenated alkanes) is 3. The lowest BCUT2D eigenvalue weighted by Gasteiger charge is -2.09. The van der Waals surface area contributed by atoms with E-state index in [0.717, 1.165) is 38.5 Å². The summed E-state index contributed by atoms with van der Waals surface area (Å²) in [7, 11) is 0. The molecule has 0 radical (unpaired) electrons. The molecule has 0 fully saturated rings. The maximum Gasteiger partial charge on any atom is 0.325 e. The minimum atomic E-state index is 0.274. The van der Waals surface area contributed by atoms with Crippen LogP contribution in [0.5, 0.6) is 18.0 Å². The van der Waals surface area contributed by atoms with E-state index in [1.165, 1.54) is 0 Å². The fraction of sp³-hybridized carbons (Fsp3) is 0.800. The predicted octanol–water partition coefficient (Wildman–Crippen LogP) is 3.41. The van der Waals surface area contributed by atoms with Crippen LogP contribution in [0.2, 0.25) is 0 Å². The van der Waals surface area contributed by atoms with E-state index in [-0.39, 0.29) is 18.0 Å². The zero-order valence-corrected chi connectivity index (χ0v) is 13.4. The summed E-state index contributed by atoms with van der Waals surface area (Å²) in [5.41, 5.74) is 0. The van der Waals surface area contributed by atoms with Crippen LogP contribution in [0.3, 0.4) is 0 Å². The summed E-state index contributed by atoms with van der Waals surface area (Å²) in [6.07, 6.45) is 6.07. The Labute approximate surface area is 127 Å². The quantitative estimate of drug-likeness (QED) is 0.551. The van der Waals surface area contributed by atoms with E-state index in [2.05, 4.69) is 35.7 Å². The van der Waals surface area contributed by atoms with Crippen LogP contribution in [0.15, 0.2) is 0 Å². The van der Waals surface area contributed by atoms with Crippen molar-refractivity contribution in [2.75, 3.05) is 19.8 Å². The summed E-state index contributed by atoms with van der Waals surface area (Å²) >= 11 is 0. The van der Waals surface area contributed by atoms with Gasteiger partial charge >= 0.3 is 18.0 Å². The highest BCUT2D eigenvalue weighted by atomic mass is 16.5. The van der Waals surface area contributed by atoms with E-state index in [1.54, 1.807) is 0 Å². The summed E-state index contributed by atoms with van der Waals surface area (Å²) in [5, 5.41) is 0. The third kappa shape index (κ3) is 7.68. The highest BCUT2D eigenvalue weighted by Gasteiger charge is 2.09. The Morgan fingerprint density at radius 3 is 1.10 bits per heavy atom. The largest absolute Gasteiger partial charge is 0.463 e. The maximum absolute atomic E-state index is 5.52. The van der Waals surface area contributed by atoms with Crippen LogP contribution < -0.4 is 14.2 Å². The number of hydrogen-bond acceptors (Lipinski definition) is 6. The van der Waals surface area contributed by atoms with Gasteiger partial charge in [0.05, 0.1) is 19.8 Å². The molecule has 0 N–H and O–H groups in total. The van der Waals surface area contributed by atoms with E-state index in [9.17, 15) is 0 Å². The van der Waals surface area contributed by atoms with E-state index in [4.69, 9.17) is 14.2 Å². The van der Waals surface area contributed by atoms with Gasteiger partial charge in [-0.3, -0.25) is 0 Å². The van der Waals surface area contributed by atoms with Crippen molar-refractivity contribution in [3.8, 4) is 18.0 Å². The van der Waals surface area contributed by atoms with Crippen LogP contribution in [0.25, 0.3) is 0 Å². The summed E-state index contributed by atoms with van der Waals surface area (Å²) in [6, 6.07) is 0.823. The minimum Gasteiger partial charge on any atom is -0.463 e. The number of ether oxygens (including phenoxy) is 3. The molecule has 1 rings (SSSR count). The van der Waals surface area contributed by atoms with Gasteiger partial charge in [-0.15, -0.1) is 15.0 Å². The van der Waals surface area contributed by atoms with Crippen molar-refractivity contribution in [2.45, 2.75) is 59.3 Å². The highest BCUT2D eigenvalue weighted by Crippen LogP contribution is 2.15. The topological polar surface area (TPSA) is 66.4 Å². The molecule has 0 aliphatic rings. The molecule has 0 aliphatic carbocycles. The number of hydrogen-bond donors (Lipinski definition) is 0. The minimum absolute atomic E-state index is 0.274. The molecular formula is C15H27N3O3. The van der Waals surface area contributed by atoms with E-state index >= 15 is 0 Å². The Kier molecular flexibility index (Phi) is 9.24. The smallest absolute Gasteiger partial charge is 0.325 e. The van der Waals surface area contributed by atoms with Crippen molar-refractivity contribution in [2.24, 2.45) is 0 Å². The Hall–Kier alpha value is -1.59. The van der Waals surface area contributed by atoms with Gasteiger partial charge < -0.3 is 14.2 Å². The second kappa shape index (κ2) is 11.1. The fourth-order valence-electron chi connectivity index (χ4n) is 1.44. The molecule has 0 aromatic carbocycles. The average Bonchev–Trinajstić information content (AvgIpc) is 2.48. The molecule has 21 heavy (non-hydrogen) atoms. The summed E-state index contributed by atoms with van der Waals surface area (Å²) < 4.78 is 16.6. The third-order valence-electron chi connectivity index (χ3n) is 2.76. The normalized spacial score (nSPS) is 10.4. The predicted molar refractivity (Wildman–Crippen MR) is 81.0 cm³/mol. The van der Waals surface area contributed by atoms with E-state index < -0.39 is 0 Å². The Balaban J connectivity index is 2.65. The van der Waals surface area contributed by atoms with Crippen molar-refractivity contribution in [1.29, 1.82) is 0 Å². The standard InChI is InChI=1S/C15H27N3O3/c1-4-7-10-19-13-16-14(20-11-8-5-2)18-15(17-13)21-12-9-6-3/h4-12H2,1-3H3. The Morgan fingerprint density at radius 1 is 0.571 bits per heavy atom. The molecule has 0 bridgehead atoms. The van der Waals surface area contributed by atoms with Gasteiger partial charge in [0, 0.05) is 0 Å². The van der Waals surface area contributed by atoms with Crippen molar-refractivity contribution in [3.63, 3.8) is 0 Å². The molecule has 6 heteroatoms. The molecule has 0 saturated carbocycles. The van der Waals surface area contributed by atoms with E-state index in [0.29, 0.717) is 19.8 Å². The average molecular weight is 297 g/mol. The number of rotatable bonds is 12. The van der Waals surface area contributed by atoms with E-state index in [1.807, 2.05) is 0 Å². The van der Waals surface area contributed by atoms with Gasteiger partial charge in [-0.2, -0.15) is 0 Å². The zero-order chi connectivity index (χ0) is 15.3. The molecule has 0 atom stereocenters. The van der Waals surface area contributed by atoms with Crippen molar-refractivity contribution in [3.05, 3.63) is 0 Å². The van der Waals surface area contributed by atoms with Crippen LogP contribution in [-0.4, -0.2) is 34.8 Å². The molecule has 6 nitrogen and oxygen atoms in total. The second-order valence-electron chi connectivity index (χ2n) is 4.79. The van der Waals surface area contributed by atoms with Crippen molar-refractivity contribution in [1.82, 2.24) is 15.0 Å². The molecule has 0 saturated heterocycles. The Morgan fingerprint density at radius 2 is 0.857 bits per heavy atom. The molecule has 0 unspecified atom stereocenters. The first-order chi connectivity index (χ1) is 10.3. The van der Waals surface area contributed by atoms with Crippen molar-refractivity contribution < 1.29 is 14.2 Å². The summed E-state index contributed by atoms with van der Waals surface area (Å²) in [5.74, 6) is 0. The molecular weight excluding hydrogens is 270 g/mol. The van der Waals surface area contributed by atoms with Gasteiger partial charge in [0.25, 0.3) is 0 Å². The number of nitrogens with zero attached hydrogens (tertiary/aromatic N) is 3. The van der Waals surface area contributed by atoms with Gasteiger partial charge in [-0.05, 0) is 19.3 Å². The van der Waals surface area contributed by atoms with Gasteiger partial charge in [0.15, 0.2) is 0 Å². The Bertz CT molecular complexity index is 319. The summed E-state index contributed by atoms with van der Waals surface area (Å²) in [4.78, 5) is 12.5. The highest BCUT2D eigenvalue weighted by molar-refractivity contribution is 5.08. The first kappa shape index (κ1) is 17.5. The van der Waals surface area contributed by atoms with Crippen molar-refractivity contribution >= 4 is 0 Å². The lowest BCUT2D eigenvalue weighted by atomic mass is 10.4. The molecule has 0 aliphatic heterocycles. The number of aromatic nitrogens is 3. The second-order valence-corrected chi connectivity index (χ2v) is 4.79. The lowest BCUT2D eigenvalue weighted by Crippen LogP contribution is -2.09. The molecule has 1 aromatic rings.